The molecule has 3 rings (SSSR count). The number of nitrogens with zero attached hydrogens (tertiary/aromatic N) is 4. The highest BCUT2D eigenvalue weighted by atomic mass is 32.2. The van der Waals surface area contributed by atoms with Crippen LogP contribution in [-0.2, 0) is 16.8 Å². The van der Waals surface area contributed by atoms with Crippen molar-refractivity contribution in [2.45, 2.75) is 51.1 Å². The lowest BCUT2D eigenvalue weighted by Crippen LogP contribution is -2.48. The average Bonchev–Trinajstić information content (AvgIpc) is 3.17. The first kappa shape index (κ1) is 16.9. The van der Waals surface area contributed by atoms with Crippen molar-refractivity contribution in [3.8, 4) is 0 Å². The molecule has 1 N–H and O–H groups in total. The molecule has 0 spiro atoms. The maximum absolute atomic E-state index is 12.8. The molecule has 0 saturated carbocycles. The van der Waals surface area contributed by atoms with E-state index in [4.69, 9.17) is 5.11 Å². The minimum Gasteiger partial charge on any atom is -0.394 e. The molecule has 0 aromatic carbocycles. The van der Waals surface area contributed by atoms with Gasteiger partial charge in [-0.2, -0.15) is 22.1 Å². The van der Waals surface area contributed by atoms with Gasteiger partial charge < -0.3 is 5.11 Å². The van der Waals surface area contributed by atoms with E-state index in [0.717, 1.165) is 31.4 Å². The van der Waals surface area contributed by atoms with E-state index >= 15 is 0 Å². The highest BCUT2D eigenvalue weighted by Crippen LogP contribution is 2.31. The second-order valence-electron chi connectivity index (χ2n) is 6.49. The topological polar surface area (TPSA) is 78.7 Å². The molecule has 1 aromatic rings. The Morgan fingerprint density at radius 1 is 1.26 bits per heavy atom. The molecular weight excluding hydrogens is 316 g/mol. The summed E-state index contributed by atoms with van der Waals surface area (Å²) in [4.78, 5) is 0. The van der Waals surface area contributed by atoms with Crippen LogP contribution in [0.3, 0.4) is 0 Å². The van der Waals surface area contributed by atoms with Gasteiger partial charge in [0, 0.05) is 43.5 Å². The fourth-order valence-corrected chi connectivity index (χ4v) is 5.64. The molecule has 3 heterocycles. The van der Waals surface area contributed by atoms with E-state index in [0.29, 0.717) is 32.1 Å². The lowest BCUT2D eigenvalue weighted by Gasteiger charge is -2.35. The molecular formula is C15H26N4O3S. The van der Waals surface area contributed by atoms with Gasteiger partial charge in [0.2, 0.25) is 0 Å². The minimum atomic E-state index is -3.32. The van der Waals surface area contributed by atoms with E-state index in [1.807, 2.05) is 17.7 Å². The molecule has 2 aliphatic rings. The fraction of sp³-hybridized carbons (Fsp3) is 0.800. The Bertz CT molecular complexity index is 622. The van der Waals surface area contributed by atoms with Crippen LogP contribution in [0.4, 0.5) is 0 Å². The first-order valence-corrected chi connectivity index (χ1v) is 9.83. The molecule has 0 bridgehead atoms. The molecule has 0 aliphatic carbocycles. The first-order valence-electron chi connectivity index (χ1n) is 8.43. The Balaban J connectivity index is 1.65. The number of aliphatic hydroxyl groups is 1. The monoisotopic (exact) mass is 342 g/mol. The van der Waals surface area contributed by atoms with Gasteiger partial charge in [0.1, 0.15) is 0 Å². The molecule has 130 valence electrons. The first-order chi connectivity index (χ1) is 11.0. The third kappa shape index (κ3) is 3.31. The summed E-state index contributed by atoms with van der Waals surface area (Å²) in [6.45, 7) is 4.30. The number of hydrogen-bond acceptors (Lipinski definition) is 4. The Kier molecular flexibility index (Phi) is 5.05. The van der Waals surface area contributed by atoms with Gasteiger partial charge in [-0.15, -0.1) is 0 Å². The summed E-state index contributed by atoms with van der Waals surface area (Å²) >= 11 is 0. The predicted molar refractivity (Wildman–Crippen MR) is 87.2 cm³/mol. The molecule has 0 radical (unpaired) electrons. The minimum absolute atomic E-state index is 0.0642. The van der Waals surface area contributed by atoms with Crippen molar-refractivity contribution in [3.05, 3.63) is 18.0 Å². The van der Waals surface area contributed by atoms with Crippen molar-refractivity contribution in [1.29, 1.82) is 0 Å². The third-order valence-electron chi connectivity index (χ3n) is 5.05. The SMILES string of the molecule is C[C@H]1CCCN1S(=O)(=O)N1CCC(c2ccnn2CCO)CC1. The van der Waals surface area contributed by atoms with Crippen LogP contribution in [0.25, 0.3) is 0 Å². The molecule has 2 saturated heterocycles. The summed E-state index contributed by atoms with van der Waals surface area (Å²) in [7, 11) is -3.32. The zero-order valence-electron chi connectivity index (χ0n) is 13.6. The van der Waals surface area contributed by atoms with E-state index in [-0.39, 0.29) is 12.6 Å². The van der Waals surface area contributed by atoms with Crippen LogP contribution < -0.4 is 0 Å². The van der Waals surface area contributed by atoms with Gasteiger partial charge in [0.05, 0.1) is 13.2 Å². The van der Waals surface area contributed by atoms with Crippen LogP contribution in [-0.4, -0.2) is 64.2 Å². The summed E-state index contributed by atoms with van der Waals surface area (Å²) in [5.41, 5.74) is 1.10. The number of piperidine rings is 1. The summed E-state index contributed by atoms with van der Waals surface area (Å²) in [5, 5.41) is 13.3. The fourth-order valence-electron chi connectivity index (χ4n) is 3.75. The van der Waals surface area contributed by atoms with Gasteiger partial charge in [-0.1, -0.05) is 0 Å². The lowest BCUT2D eigenvalue weighted by molar-refractivity contribution is 0.256. The zero-order valence-corrected chi connectivity index (χ0v) is 14.5. The maximum Gasteiger partial charge on any atom is 0.282 e. The van der Waals surface area contributed by atoms with Gasteiger partial charge in [0.15, 0.2) is 0 Å². The van der Waals surface area contributed by atoms with Crippen molar-refractivity contribution in [3.63, 3.8) is 0 Å². The van der Waals surface area contributed by atoms with Gasteiger partial charge in [-0.25, -0.2) is 0 Å². The molecule has 0 unspecified atom stereocenters. The molecule has 7 nitrogen and oxygen atoms in total. The Labute approximate surface area is 138 Å². The van der Waals surface area contributed by atoms with Gasteiger partial charge in [0.25, 0.3) is 10.2 Å². The summed E-state index contributed by atoms with van der Waals surface area (Å²) in [5.74, 6) is 0.312. The van der Waals surface area contributed by atoms with Crippen molar-refractivity contribution in [2.75, 3.05) is 26.2 Å². The van der Waals surface area contributed by atoms with Crippen LogP contribution >= 0.6 is 0 Å². The summed E-state index contributed by atoms with van der Waals surface area (Å²) in [6, 6.07) is 2.09. The number of hydrogen-bond donors (Lipinski definition) is 1. The van der Waals surface area contributed by atoms with Crippen LogP contribution in [0.15, 0.2) is 12.3 Å². The molecule has 8 heteroatoms. The second-order valence-corrected chi connectivity index (χ2v) is 8.37. The summed E-state index contributed by atoms with van der Waals surface area (Å²) < 4.78 is 30.6. The van der Waals surface area contributed by atoms with E-state index in [1.165, 1.54) is 0 Å². The Morgan fingerprint density at radius 3 is 2.61 bits per heavy atom. The lowest BCUT2D eigenvalue weighted by atomic mass is 9.94. The molecule has 1 aromatic heterocycles. The molecule has 2 fully saturated rings. The van der Waals surface area contributed by atoms with Crippen LogP contribution in [0.2, 0.25) is 0 Å². The second kappa shape index (κ2) is 6.88. The van der Waals surface area contributed by atoms with Crippen LogP contribution in [0.1, 0.15) is 44.2 Å². The molecule has 0 amide bonds. The maximum atomic E-state index is 12.8. The van der Waals surface area contributed by atoms with E-state index in [2.05, 4.69) is 5.10 Å². The normalized spacial score (nSPS) is 25.2. The van der Waals surface area contributed by atoms with E-state index in [1.54, 1.807) is 14.8 Å². The van der Waals surface area contributed by atoms with Crippen molar-refractivity contribution >= 4 is 10.2 Å². The molecule has 2 aliphatic heterocycles. The highest BCUT2D eigenvalue weighted by molar-refractivity contribution is 7.86. The quantitative estimate of drug-likeness (QED) is 0.858. The van der Waals surface area contributed by atoms with Crippen molar-refractivity contribution in [2.24, 2.45) is 0 Å². The van der Waals surface area contributed by atoms with E-state index in [9.17, 15) is 8.42 Å². The zero-order chi connectivity index (χ0) is 16.4. The molecule has 23 heavy (non-hydrogen) atoms. The molecule has 1 atom stereocenters. The predicted octanol–water partition coefficient (Wildman–Crippen LogP) is 0.784. The largest absolute Gasteiger partial charge is 0.394 e. The Morgan fingerprint density at radius 2 is 2.00 bits per heavy atom. The number of rotatable bonds is 5. The van der Waals surface area contributed by atoms with Gasteiger partial charge in [-0.3, -0.25) is 4.68 Å². The number of aliphatic hydroxyl groups excluding tert-OH is 1. The van der Waals surface area contributed by atoms with Crippen molar-refractivity contribution in [1.82, 2.24) is 18.4 Å². The van der Waals surface area contributed by atoms with Gasteiger partial charge >= 0.3 is 0 Å². The summed E-state index contributed by atoms with van der Waals surface area (Å²) in [6.07, 6.45) is 5.27. The van der Waals surface area contributed by atoms with Crippen molar-refractivity contribution < 1.29 is 13.5 Å². The van der Waals surface area contributed by atoms with Crippen LogP contribution in [0, 0.1) is 0 Å². The van der Waals surface area contributed by atoms with Gasteiger partial charge in [-0.05, 0) is 38.7 Å². The third-order valence-corrected chi connectivity index (χ3v) is 7.20. The average molecular weight is 342 g/mol. The number of aromatic nitrogens is 2. The van der Waals surface area contributed by atoms with E-state index < -0.39 is 10.2 Å². The smallest absolute Gasteiger partial charge is 0.282 e. The highest BCUT2D eigenvalue weighted by Gasteiger charge is 2.38. The standard InChI is InChI=1S/C15H26N4O3S/c1-13-3-2-8-19(13)23(21,22)17-9-5-14(6-10-17)15-4-7-16-18(15)11-12-20/h4,7,13-14,20H,2-3,5-6,8-12H2,1H3/t13-/m0/s1. The van der Waals surface area contributed by atoms with Crippen LogP contribution in [0.5, 0.6) is 0 Å². The Hall–Kier alpha value is -0.960.